The molecular weight excluding hydrogens is 336 g/mol. The molecule has 2 aromatic heterocycles. The molecule has 0 atom stereocenters. The van der Waals surface area contributed by atoms with E-state index in [1.807, 2.05) is 26.0 Å². The highest BCUT2D eigenvalue weighted by Crippen LogP contribution is 2.12. The molecule has 1 N–H and O–H groups in total. The van der Waals surface area contributed by atoms with Crippen molar-refractivity contribution in [2.45, 2.75) is 26.9 Å². The van der Waals surface area contributed by atoms with Gasteiger partial charge in [0, 0.05) is 38.7 Å². The largest absolute Gasteiger partial charge is 0.375 e. The number of amides is 2. The van der Waals surface area contributed by atoms with Gasteiger partial charge in [0.05, 0.1) is 6.54 Å². The maximum Gasteiger partial charge on any atom is 0.273 e. The molecule has 0 spiro atoms. The van der Waals surface area contributed by atoms with Crippen LogP contribution in [0.2, 0.25) is 0 Å². The van der Waals surface area contributed by atoms with E-state index in [1.165, 1.54) is 7.11 Å². The molecule has 0 aliphatic rings. The molecule has 0 saturated carbocycles. The van der Waals surface area contributed by atoms with Crippen molar-refractivity contribution in [3.8, 4) is 0 Å². The molecule has 2 rings (SSSR count). The minimum Gasteiger partial charge on any atom is -0.375 e. The molecule has 2 amide bonds. The molecule has 2 heterocycles. The fourth-order valence-corrected chi connectivity index (χ4v) is 2.23. The first-order valence-corrected chi connectivity index (χ1v) is 8.39. The van der Waals surface area contributed by atoms with Crippen molar-refractivity contribution in [2.24, 2.45) is 5.92 Å². The predicted octanol–water partition coefficient (Wildman–Crippen LogP) is 1.63. The Morgan fingerprint density at radius 3 is 2.65 bits per heavy atom. The molecule has 8 heteroatoms. The Balaban J connectivity index is 2.05. The SMILES string of the molecule is COCC(=O)N(Cc1ccncc1)Cc1cc(C(=O)NCC(C)C)no1. The molecule has 140 valence electrons. The normalized spacial score (nSPS) is 10.8. The summed E-state index contributed by atoms with van der Waals surface area (Å²) in [4.78, 5) is 29.9. The molecule has 0 aromatic carbocycles. The summed E-state index contributed by atoms with van der Waals surface area (Å²) in [6.45, 7) is 5.09. The summed E-state index contributed by atoms with van der Waals surface area (Å²) in [7, 11) is 1.47. The minimum atomic E-state index is -0.294. The first-order chi connectivity index (χ1) is 12.5. The fourth-order valence-electron chi connectivity index (χ4n) is 2.23. The van der Waals surface area contributed by atoms with E-state index in [1.54, 1.807) is 23.4 Å². The number of nitrogens with one attached hydrogen (secondary N) is 1. The van der Waals surface area contributed by atoms with E-state index in [0.717, 1.165) is 5.56 Å². The highest BCUT2D eigenvalue weighted by atomic mass is 16.5. The van der Waals surface area contributed by atoms with E-state index in [2.05, 4.69) is 15.5 Å². The van der Waals surface area contributed by atoms with E-state index in [9.17, 15) is 9.59 Å². The van der Waals surface area contributed by atoms with Crippen molar-refractivity contribution in [1.29, 1.82) is 0 Å². The van der Waals surface area contributed by atoms with Gasteiger partial charge in [0.15, 0.2) is 11.5 Å². The van der Waals surface area contributed by atoms with E-state index < -0.39 is 0 Å². The molecule has 0 aliphatic carbocycles. The number of hydrogen-bond donors (Lipinski definition) is 1. The lowest BCUT2D eigenvalue weighted by Gasteiger charge is -2.21. The number of nitrogens with zero attached hydrogens (tertiary/aromatic N) is 3. The van der Waals surface area contributed by atoms with E-state index >= 15 is 0 Å². The van der Waals surface area contributed by atoms with Gasteiger partial charge in [-0.15, -0.1) is 0 Å². The van der Waals surface area contributed by atoms with E-state index in [-0.39, 0.29) is 30.7 Å². The summed E-state index contributed by atoms with van der Waals surface area (Å²) < 4.78 is 10.2. The number of carbonyl (C=O) groups is 2. The van der Waals surface area contributed by atoms with Crippen LogP contribution in [-0.4, -0.2) is 47.1 Å². The van der Waals surface area contributed by atoms with Crippen LogP contribution in [-0.2, 0) is 22.6 Å². The van der Waals surface area contributed by atoms with Gasteiger partial charge in [0.2, 0.25) is 5.91 Å². The van der Waals surface area contributed by atoms with Crippen molar-refractivity contribution in [1.82, 2.24) is 20.4 Å². The lowest BCUT2D eigenvalue weighted by atomic mass is 10.2. The van der Waals surface area contributed by atoms with Crippen LogP contribution in [0, 0.1) is 5.92 Å². The lowest BCUT2D eigenvalue weighted by Crippen LogP contribution is -2.32. The van der Waals surface area contributed by atoms with E-state index in [0.29, 0.717) is 24.8 Å². The van der Waals surface area contributed by atoms with Gasteiger partial charge in [-0.2, -0.15) is 0 Å². The minimum absolute atomic E-state index is 0.0407. The number of hydrogen-bond acceptors (Lipinski definition) is 6. The molecule has 0 aliphatic heterocycles. The smallest absolute Gasteiger partial charge is 0.273 e. The van der Waals surface area contributed by atoms with Crippen LogP contribution in [0.4, 0.5) is 0 Å². The van der Waals surface area contributed by atoms with Crippen LogP contribution < -0.4 is 5.32 Å². The van der Waals surface area contributed by atoms with E-state index in [4.69, 9.17) is 9.26 Å². The molecule has 8 nitrogen and oxygen atoms in total. The molecular formula is C18H24N4O4. The van der Waals surface area contributed by atoms with Crippen molar-refractivity contribution < 1.29 is 18.8 Å². The number of carbonyl (C=O) groups excluding carboxylic acids is 2. The lowest BCUT2D eigenvalue weighted by molar-refractivity contribution is -0.136. The second-order valence-electron chi connectivity index (χ2n) is 6.32. The van der Waals surface area contributed by atoms with Gasteiger partial charge in [-0.05, 0) is 23.6 Å². The maximum absolute atomic E-state index is 12.3. The Labute approximate surface area is 152 Å². The van der Waals surface area contributed by atoms with Gasteiger partial charge >= 0.3 is 0 Å². The topological polar surface area (TPSA) is 97.6 Å². The van der Waals surface area contributed by atoms with Gasteiger partial charge in [0.1, 0.15) is 6.61 Å². The highest BCUT2D eigenvalue weighted by molar-refractivity contribution is 5.92. The van der Waals surface area contributed by atoms with Crippen molar-refractivity contribution in [3.05, 3.63) is 47.6 Å². The summed E-state index contributed by atoms with van der Waals surface area (Å²) in [5, 5.41) is 6.57. The average molecular weight is 360 g/mol. The Morgan fingerprint density at radius 2 is 2.00 bits per heavy atom. The quantitative estimate of drug-likeness (QED) is 0.730. The second kappa shape index (κ2) is 9.67. The first-order valence-electron chi connectivity index (χ1n) is 8.39. The highest BCUT2D eigenvalue weighted by Gasteiger charge is 2.19. The molecule has 0 unspecified atom stereocenters. The third-order valence-electron chi connectivity index (χ3n) is 3.55. The van der Waals surface area contributed by atoms with Crippen LogP contribution in [0.3, 0.4) is 0 Å². The van der Waals surface area contributed by atoms with Gasteiger partial charge in [0.25, 0.3) is 5.91 Å². The van der Waals surface area contributed by atoms with Crippen molar-refractivity contribution >= 4 is 11.8 Å². The number of methoxy groups -OCH3 is 1. The predicted molar refractivity (Wildman–Crippen MR) is 94.0 cm³/mol. The van der Waals surface area contributed by atoms with Crippen LogP contribution >= 0.6 is 0 Å². The summed E-state index contributed by atoms with van der Waals surface area (Å²) in [5.74, 6) is 0.287. The number of aromatic nitrogens is 2. The maximum atomic E-state index is 12.3. The van der Waals surface area contributed by atoms with Crippen molar-refractivity contribution in [2.75, 3.05) is 20.3 Å². The molecule has 0 radical (unpaired) electrons. The molecule has 26 heavy (non-hydrogen) atoms. The number of pyridine rings is 1. The molecule has 2 aromatic rings. The standard InChI is InChI=1S/C18H24N4O4/c1-13(2)9-20-18(24)16-8-15(26-21-16)11-22(17(23)12-25-3)10-14-4-6-19-7-5-14/h4-8,13H,9-12H2,1-3H3,(H,20,24). The Morgan fingerprint density at radius 1 is 1.27 bits per heavy atom. The van der Waals surface area contributed by atoms with Gasteiger partial charge < -0.3 is 19.5 Å². The zero-order valence-electron chi connectivity index (χ0n) is 15.3. The number of ether oxygens (including phenoxy) is 1. The Kier molecular flexibility index (Phi) is 7.28. The zero-order valence-corrected chi connectivity index (χ0v) is 15.3. The monoisotopic (exact) mass is 360 g/mol. The zero-order chi connectivity index (χ0) is 18.9. The number of rotatable bonds is 9. The Bertz CT molecular complexity index is 715. The van der Waals surface area contributed by atoms with Crippen LogP contribution in [0.5, 0.6) is 0 Å². The molecule has 0 saturated heterocycles. The summed E-state index contributed by atoms with van der Waals surface area (Å²) in [5.41, 5.74) is 1.13. The summed E-state index contributed by atoms with van der Waals surface area (Å²) in [6, 6.07) is 5.21. The summed E-state index contributed by atoms with van der Waals surface area (Å²) >= 11 is 0. The van der Waals surface area contributed by atoms with Crippen molar-refractivity contribution in [3.63, 3.8) is 0 Å². The Hall–Kier alpha value is -2.74. The average Bonchev–Trinajstić information content (AvgIpc) is 3.09. The van der Waals surface area contributed by atoms with Crippen LogP contribution in [0.25, 0.3) is 0 Å². The molecule has 0 bridgehead atoms. The third-order valence-corrected chi connectivity index (χ3v) is 3.55. The van der Waals surface area contributed by atoms with Gasteiger partial charge in [-0.3, -0.25) is 14.6 Å². The van der Waals surface area contributed by atoms with Gasteiger partial charge in [-0.1, -0.05) is 19.0 Å². The van der Waals surface area contributed by atoms with Gasteiger partial charge in [-0.25, -0.2) is 0 Å². The summed E-state index contributed by atoms with van der Waals surface area (Å²) in [6.07, 6.45) is 3.33. The van der Waals surface area contributed by atoms with Crippen LogP contribution in [0.1, 0.15) is 35.7 Å². The van der Waals surface area contributed by atoms with Crippen LogP contribution in [0.15, 0.2) is 35.1 Å². The first kappa shape index (κ1) is 19.6. The third kappa shape index (κ3) is 5.96. The second-order valence-corrected chi connectivity index (χ2v) is 6.32. The fraction of sp³-hybridized carbons (Fsp3) is 0.444. The molecule has 0 fully saturated rings.